The van der Waals surface area contributed by atoms with Crippen LogP contribution in [0.25, 0.3) is 0 Å². The quantitative estimate of drug-likeness (QED) is 0.535. The molecular weight excluding hydrogens is 425 g/mol. The molecule has 0 aliphatic carbocycles. The number of halogens is 2. The molecule has 1 N–H and O–H groups in total. The van der Waals surface area contributed by atoms with Crippen molar-refractivity contribution in [3.05, 3.63) is 65.2 Å². The molecule has 1 saturated heterocycles. The summed E-state index contributed by atoms with van der Waals surface area (Å²) in [6.07, 6.45) is -0.667. The summed E-state index contributed by atoms with van der Waals surface area (Å²) in [6, 6.07) is 17.7. The first-order chi connectivity index (χ1) is 10.5. The Morgan fingerprint density at radius 3 is 2.57 bits per heavy atom. The van der Waals surface area contributed by atoms with Gasteiger partial charge in [-0.05, 0) is 18.2 Å². The molecule has 1 fully saturated rings. The minimum absolute atomic E-state index is 0. The van der Waals surface area contributed by atoms with E-state index in [1.807, 2.05) is 36.4 Å². The third-order valence-corrected chi connectivity index (χ3v) is 4.40. The molecular formula is C18H21ClINO2. The summed E-state index contributed by atoms with van der Waals surface area (Å²) < 4.78 is 6.73. The number of hydrogen-bond donors (Lipinski definition) is 1. The van der Waals surface area contributed by atoms with Crippen LogP contribution in [0.15, 0.2) is 54.6 Å². The van der Waals surface area contributed by atoms with E-state index in [4.69, 9.17) is 16.3 Å². The van der Waals surface area contributed by atoms with Crippen molar-refractivity contribution in [2.45, 2.75) is 18.8 Å². The van der Waals surface area contributed by atoms with Crippen molar-refractivity contribution >= 4 is 11.6 Å². The molecule has 2 aromatic rings. The Hall–Kier alpha value is -0.820. The number of likely N-dealkylation sites (N-methyl/N-ethyl adjacent to an activating group) is 1. The Balaban J connectivity index is 0.00000192. The van der Waals surface area contributed by atoms with Crippen LogP contribution in [-0.4, -0.2) is 41.9 Å². The average Bonchev–Trinajstić information content (AvgIpc) is 2.74. The van der Waals surface area contributed by atoms with E-state index in [2.05, 4.69) is 19.2 Å². The lowest BCUT2D eigenvalue weighted by atomic mass is 10.2. The molecule has 0 saturated carbocycles. The van der Waals surface area contributed by atoms with Gasteiger partial charge in [-0.15, -0.1) is 0 Å². The largest absolute Gasteiger partial charge is 1.00 e. The summed E-state index contributed by atoms with van der Waals surface area (Å²) in [5.41, 5.74) is 1.28. The monoisotopic (exact) mass is 445 g/mol. The van der Waals surface area contributed by atoms with Gasteiger partial charge in [-0.1, -0.05) is 48.0 Å². The van der Waals surface area contributed by atoms with E-state index in [9.17, 15) is 5.11 Å². The average molecular weight is 446 g/mol. The van der Waals surface area contributed by atoms with Gasteiger partial charge in [0.25, 0.3) is 0 Å². The molecule has 1 aliphatic heterocycles. The number of nitrogens with zero attached hydrogens (tertiary/aromatic N) is 1. The number of benzene rings is 2. The Bertz CT molecular complexity index is 640. The third-order valence-electron chi connectivity index (χ3n) is 4.17. The van der Waals surface area contributed by atoms with Crippen molar-refractivity contribution in [3.8, 4) is 5.75 Å². The lowest BCUT2D eigenvalue weighted by molar-refractivity contribution is -0.913. The highest BCUT2D eigenvalue weighted by molar-refractivity contribution is 6.30. The van der Waals surface area contributed by atoms with Crippen LogP contribution in [-0.2, 0) is 6.54 Å². The smallest absolute Gasteiger partial charge is 0.178 e. The van der Waals surface area contributed by atoms with Crippen molar-refractivity contribution in [2.75, 3.05) is 20.1 Å². The van der Waals surface area contributed by atoms with Crippen LogP contribution in [0.3, 0.4) is 0 Å². The van der Waals surface area contributed by atoms with Gasteiger partial charge in [0, 0.05) is 10.6 Å². The van der Waals surface area contributed by atoms with Gasteiger partial charge < -0.3 is 38.3 Å². The van der Waals surface area contributed by atoms with Gasteiger partial charge in [0.1, 0.15) is 31.5 Å². The first-order valence-electron chi connectivity index (χ1n) is 7.52. The molecule has 3 nitrogen and oxygen atoms in total. The summed E-state index contributed by atoms with van der Waals surface area (Å²) in [5.74, 6) is 0.713. The lowest BCUT2D eigenvalue weighted by Crippen LogP contribution is -3.00. The first-order valence-corrected chi connectivity index (χ1v) is 7.90. The van der Waals surface area contributed by atoms with Crippen molar-refractivity contribution in [2.24, 2.45) is 0 Å². The number of aliphatic hydroxyl groups excluding tert-OH is 1. The van der Waals surface area contributed by atoms with Gasteiger partial charge in [-0.2, -0.15) is 0 Å². The fourth-order valence-corrected chi connectivity index (χ4v) is 3.36. The standard InChI is InChI=1S/C18H21ClNO2.HI/c1-20(11-14-6-3-2-4-7-14)12-17(21)18(13-20)22-16-9-5-8-15(19)10-16;/h2-10,17-18,21H,11-13H2,1H3;1H/q+1;/p-1. The SMILES string of the molecule is C[N+]1(Cc2ccccc2)CC(O)C(Oc2cccc(Cl)c2)C1.[I-]. The molecule has 124 valence electrons. The third kappa shape index (κ3) is 4.83. The van der Waals surface area contributed by atoms with E-state index in [0.717, 1.165) is 17.6 Å². The fraction of sp³-hybridized carbons (Fsp3) is 0.333. The molecule has 1 aliphatic rings. The number of quaternary nitrogens is 1. The van der Waals surface area contributed by atoms with Gasteiger partial charge in [-0.25, -0.2) is 0 Å². The van der Waals surface area contributed by atoms with Gasteiger partial charge >= 0.3 is 0 Å². The highest BCUT2D eigenvalue weighted by Gasteiger charge is 2.43. The van der Waals surface area contributed by atoms with Crippen LogP contribution in [0.5, 0.6) is 5.75 Å². The van der Waals surface area contributed by atoms with Crippen LogP contribution >= 0.6 is 11.6 Å². The Morgan fingerprint density at radius 2 is 1.87 bits per heavy atom. The molecule has 0 bridgehead atoms. The highest BCUT2D eigenvalue weighted by atomic mass is 127. The maximum absolute atomic E-state index is 10.4. The molecule has 5 heteroatoms. The molecule has 2 aromatic carbocycles. The van der Waals surface area contributed by atoms with Gasteiger partial charge in [0.15, 0.2) is 6.10 Å². The summed E-state index contributed by atoms with van der Waals surface area (Å²) in [5, 5.41) is 11.0. The number of hydrogen-bond acceptors (Lipinski definition) is 2. The molecule has 0 spiro atoms. The van der Waals surface area contributed by atoms with Crippen molar-refractivity contribution in [3.63, 3.8) is 0 Å². The maximum Gasteiger partial charge on any atom is 0.178 e. The van der Waals surface area contributed by atoms with E-state index < -0.39 is 6.10 Å². The molecule has 0 radical (unpaired) electrons. The second-order valence-electron chi connectivity index (χ2n) is 6.31. The fourth-order valence-electron chi connectivity index (χ4n) is 3.18. The van der Waals surface area contributed by atoms with Crippen molar-refractivity contribution in [1.82, 2.24) is 0 Å². The number of aliphatic hydroxyl groups is 1. The van der Waals surface area contributed by atoms with E-state index in [-0.39, 0.29) is 30.1 Å². The van der Waals surface area contributed by atoms with Crippen LogP contribution in [0.1, 0.15) is 5.56 Å². The molecule has 3 atom stereocenters. The number of ether oxygens (including phenoxy) is 1. The lowest BCUT2D eigenvalue weighted by Gasteiger charge is -2.29. The Morgan fingerprint density at radius 1 is 1.13 bits per heavy atom. The zero-order valence-corrected chi connectivity index (χ0v) is 15.9. The first kappa shape index (κ1) is 18.5. The van der Waals surface area contributed by atoms with E-state index >= 15 is 0 Å². The molecule has 3 rings (SSSR count). The predicted octanol–water partition coefficient (Wildman–Crippen LogP) is 0.113. The van der Waals surface area contributed by atoms with Crippen LogP contribution in [0.4, 0.5) is 0 Å². The zero-order valence-electron chi connectivity index (χ0n) is 13.0. The normalized spacial score (nSPS) is 26.6. The molecule has 3 unspecified atom stereocenters. The summed E-state index contributed by atoms with van der Waals surface area (Å²) >= 11 is 5.98. The van der Waals surface area contributed by atoms with Crippen molar-refractivity contribution in [1.29, 1.82) is 0 Å². The number of rotatable bonds is 4. The topological polar surface area (TPSA) is 29.5 Å². The van der Waals surface area contributed by atoms with E-state index in [1.165, 1.54) is 5.56 Å². The Labute approximate surface area is 159 Å². The van der Waals surface area contributed by atoms with E-state index in [1.54, 1.807) is 6.07 Å². The predicted molar refractivity (Wildman–Crippen MR) is 87.9 cm³/mol. The summed E-state index contributed by atoms with van der Waals surface area (Å²) in [4.78, 5) is 0. The van der Waals surface area contributed by atoms with Gasteiger partial charge in [0.05, 0.1) is 7.05 Å². The highest BCUT2D eigenvalue weighted by Crippen LogP contribution is 2.26. The summed E-state index contributed by atoms with van der Waals surface area (Å²) in [7, 11) is 2.16. The summed E-state index contributed by atoms with van der Waals surface area (Å²) in [6.45, 7) is 2.37. The molecule has 23 heavy (non-hydrogen) atoms. The maximum atomic E-state index is 10.4. The van der Waals surface area contributed by atoms with Crippen LogP contribution < -0.4 is 28.7 Å². The minimum atomic E-state index is -0.465. The van der Waals surface area contributed by atoms with Gasteiger partial charge in [-0.3, -0.25) is 0 Å². The van der Waals surface area contributed by atoms with Crippen LogP contribution in [0.2, 0.25) is 5.02 Å². The molecule has 1 heterocycles. The zero-order chi connectivity index (χ0) is 15.6. The van der Waals surface area contributed by atoms with E-state index in [0.29, 0.717) is 17.3 Å². The minimum Gasteiger partial charge on any atom is -1.00 e. The van der Waals surface area contributed by atoms with Crippen molar-refractivity contribution < 1.29 is 38.3 Å². The van der Waals surface area contributed by atoms with Gasteiger partial charge in [0.2, 0.25) is 0 Å². The molecule has 0 amide bonds. The second-order valence-corrected chi connectivity index (χ2v) is 6.75. The Kier molecular flexibility index (Phi) is 6.31. The second kappa shape index (κ2) is 7.83. The van der Waals surface area contributed by atoms with Crippen LogP contribution in [0, 0.1) is 0 Å². The number of likely N-dealkylation sites (tertiary alicyclic amines) is 1. The molecule has 0 aromatic heterocycles.